The summed E-state index contributed by atoms with van der Waals surface area (Å²) in [4.78, 5) is 28.9. The average Bonchev–Trinajstić information content (AvgIpc) is 3.13. The molecule has 0 aromatic heterocycles. The molecule has 1 atom stereocenters. The number of urea groups is 1. The number of carbonyl (C=O) groups excluding carboxylic acids is 1. The van der Waals surface area contributed by atoms with Crippen LogP contribution >= 0.6 is 0 Å². The minimum atomic E-state index is -0.844. The van der Waals surface area contributed by atoms with E-state index < -0.39 is 5.97 Å². The number of rotatable bonds is 6. The van der Waals surface area contributed by atoms with Crippen molar-refractivity contribution in [3.8, 4) is 0 Å². The molecular formula is C14H25N3O3. The summed E-state index contributed by atoms with van der Waals surface area (Å²) < 4.78 is 0. The van der Waals surface area contributed by atoms with Crippen LogP contribution < -0.4 is 0 Å². The Hall–Kier alpha value is -1.30. The average molecular weight is 283 g/mol. The maximum Gasteiger partial charge on any atom is 0.320 e. The predicted octanol–water partition coefficient (Wildman–Crippen LogP) is 0.929. The zero-order valence-electron chi connectivity index (χ0n) is 12.4. The molecule has 1 saturated heterocycles. The Morgan fingerprint density at radius 3 is 2.50 bits per heavy atom. The highest BCUT2D eigenvalue weighted by molar-refractivity contribution is 5.76. The number of amides is 2. The maximum absolute atomic E-state index is 12.5. The molecule has 2 aliphatic rings. The van der Waals surface area contributed by atoms with Gasteiger partial charge in [-0.1, -0.05) is 0 Å². The van der Waals surface area contributed by atoms with Crippen molar-refractivity contribution < 1.29 is 14.7 Å². The molecule has 20 heavy (non-hydrogen) atoms. The van der Waals surface area contributed by atoms with Crippen molar-refractivity contribution in [3.05, 3.63) is 0 Å². The molecule has 1 N–H and O–H groups in total. The molecule has 114 valence electrons. The number of carboxylic acids is 1. The fourth-order valence-electron chi connectivity index (χ4n) is 2.90. The van der Waals surface area contributed by atoms with E-state index in [9.17, 15) is 9.59 Å². The predicted molar refractivity (Wildman–Crippen MR) is 75.6 cm³/mol. The van der Waals surface area contributed by atoms with Crippen LogP contribution in [0.15, 0.2) is 0 Å². The summed E-state index contributed by atoms with van der Waals surface area (Å²) in [7, 11) is 3.93. The molecule has 1 aliphatic heterocycles. The molecule has 2 fully saturated rings. The number of aliphatic carboxylic acids is 1. The number of hydrogen-bond acceptors (Lipinski definition) is 3. The van der Waals surface area contributed by atoms with Crippen LogP contribution in [-0.4, -0.2) is 78.1 Å². The monoisotopic (exact) mass is 283 g/mol. The van der Waals surface area contributed by atoms with Crippen molar-refractivity contribution in [2.75, 3.05) is 40.3 Å². The molecule has 0 aromatic carbocycles. The second kappa shape index (κ2) is 6.43. The van der Waals surface area contributed by atoms with E-state index in [4.69, 9.17) is 5.11 Å². The van der Waals surface area contributed by atoms with E-state index in [0.717, 1.165) is 38.9 Å². The van der Waals surface area contributed by atoms with Gasteiger partial charge in [-0.15, -0.1) is 0 Å². The van der Waals surface area contributed by atoms with Crippen LogP contribution in [0.4, 0.5) is 4.79 Å². The van der Waals surface area contributed by atoms with Crippen LogP contribution in [0.1, 0.15) is 25.7 Å². The van der Waals surface area contributed by atoms with Crippen LogP contribution in [-0.2, 0) is 4.79 Å². The minimum Gasteiger partial charge on any atom is -0.481 e. The molecule has 1 saturated carbocycles. The normalized spacial score (nSPS) is 22.8. The molecular weight excluding hydrogens is 258 g/mol. The van der Waals surface area contributed by atoms with Crippen molar-refractivity contribution in [1.29, 1.82) is 0 Å². The number of carboxylic acid groups (broad SMARTS) is 1. The third-order valence-electron chi connectivity index (χ3n) is 4.15. The first-order valence-electron chi connectivity index (χ1n) is 7.39. The Morgan fingerprint density at radius 2 is 2.00 bits per heavy atom. The molecule has 6 nitrogen and oxygen atoms in total. The van der Waals surface area contributed by atoms with Crippen LogP contribution in [0.3, 0.4) is 0 Å². The lowest BCUT2D eigenvalue weighted by molar-refractivity contribution is -0.137. The molecule has 6 heteroatoms. The first kappa shape index (κ1) is 15.1. The van der Waals surface area contributed by atoms with Gasteiger partial charge in [0.15, 0.2) is 0 Å². The van der Waals surface area contributed by atoms with E-state index in [1.54, 1.807) is 9.80 Å². The van der Waals surface area contributed by atoms with Crippen LogP contribution in [0.2, 0.25) is 0 Å². The second-order valence-electron chi connectivity index (χ2n) is 6.15. The minimum absolute atomic E-state index is 0.0108. The van der Waals surface area contributed by atoms with Gasteiger partial charge in [-0.2, -0.15) is 0 Å². The highest BCUT2D eigenvalue weighted by Crippen LogP contribution is 2.28. The highest BCUT2D eigenvalue weighted by Gasteiger charge is 2.34. The lowest BCUT2D eigenvalue weighted by atomic mass is 10.1. The summed E-state index contributed by atoms with van der Waals surface area (Å²) in [6.45, 7) is 3.22. The van der Waals surface area contributed by atoms with E-state index in [1.807, 2.05) is 7.05 Å². The van der Waals surface area contributed by atoms with Gasteiger partial charge in [0.25, 0.3) is 0 Å². The van der Waals surface area contributed by atoms with Crippen molar-refractivity contribution in [1.82, 2.24) is 14.7 Å². The summed E-state index contributed by atoms with van der Waals surface area (Å²) in [6, 6.07) is 0.249. The van der Waals surface area contributed by atoms with Crippen molar-refractivity contribution in [2.24, 2.45) is 5.92 Å². The first-order chi connectivity index (χ1) is 9.47. The molecule has 0 aromatic rings. The van der Waals surface area contributed by atoms with Gasteiger partial charge in [-0.05, 0) is 38.8 Å². The lowest BCUT2D eigenvalue weighted by Crippen LogP contribution is -2.45. The van der Waals surface area contributed by atoms with Gasteiger partial charge in [0, 0.05) is 32.7 Å². The van der Waals surface area contributed by atoms with E-state index in [1.165, 1.54) is 0 Å². The van der Waals surface area contributed by atoms with Gasteiger partial charge < -0.3 is 19.8 Å². The van der Waals surface area contributed by atoms with E-state index >= 15 is 0 Å². The molecule has 0 radical (unpaired) electrons. The Balaban J connectivity index is 1.84. The first-order valence-corrected chi connectivity index (χ1v) is 7.39. The van der Waals surface area contributed by atoms with Gasteiger partial charge in [0.05, 0.1) is 6.42 Å². The molecule has 2 amide bonds. The van der Waals surface area contributed by atoms with Gasteiger partial charge in [-0.3, -0.25) is 4.79 Å². The van der Waals surface area contributed by atoms with Gasteiger partial charge in [-0.25, -0.2) is 4.79 Å². The van der Waals surface area contributed by atoms with Crippen molar-refractivity contribution in [3.63, 3.8) is 0 Å². The third-order valence-corrected chi connectivity index (χ3v) is 4.15. The summed E-state index contributed by atoms with van der Waals surface area (Å²) in [5.74, 6) is -0.307. The fraction of sp³-hybridized carbons (Fsp3) is 0.857. The van der Waals surface area contributed by atoms with Gasteiger partial charge in [0.2, 0.25) is 0 Å². The van der Waals surface area contributed by atoms with Crippen molar-refractivity contribution in [2.45, 2.75) is 31.7 Å². The number of carbonyl (C=O) groups is 2. The Labute approximate surface area is 120 Å². The standard InChI is InChI=1S/C14H25N3O3/c1-15-7-5-11(9-15)10-16(2)14(20)17(12-3-4-12)8-6-13(18)19/h11-12H,3-10H2,1-2H3,(H,18,19). The van der Waals surface area contributed by atoms with Gasteiger partial charge >= 0.3 is 12.0 Å². The summed E-state index contributed by atoms with van der Waals surface area (Å²) in [5.41, 5.74) is 0. The zero-order chi connectivity index (χ0) is 14.7. The zero-order valence-corrected chi connectivity index (χ0v) is 12.4. The van der Waals surface area contributed by atoms with Gasteiger partial charge in [0.1, 0.15) is 0 Å². The summed E-state index contributed by atoms with van der Waals surface area (Å²) in [5, 5.41) is 8.79. The fourth-order valence-corrected chi connectivity index (χ4v) is 2.90. The molecule has 1 heterocycles. The van der Waals surface area contributed by atoms with Crippen molar-refractivity contribution >= 4 is 12.0 Å². The third kappa shape index (κ3) is 4.10. The second-order valence-corrected chi connectivity index (χ2v) is 6.15. The quantitative estimate of drug-likeness (QED) is 0.787. The lowest BCUT2D eigenvalue weighted by Gasteiger charge is -2.29. The van der Waals surface area contributed by atoms with Crippen LogP contribution in [0.25, 0.3) is 0 Å². The Kier molecular flexibility index (Phi) is 4.86. The van der Waals surface area contributed by atoms with E-state index in [0.29, 0.717) is 12.5 Å². The molecule has 1 aliphatic carbocycles. The molecule has 0 bridgehead atoms. The maximum atomic E-state index is 12.5. The highest BCUT2D eigenvalue weighted by atomic mass is 16.4. The Bertz CT molecular complexity index is 371. The largest absolute Gasteiger partial charge is 0.481 e. The SMILES string of the molecule is CN1CCC(CN(C)C(=O)N(CCC(=O)O)C2CC2)C1. The summed E-state index contributed by atoms with van der Waals surface area (Å²) in [6.07, 6.45) is 3.17. The molecule has 2 rings (SSSR count). The van der Waals surface area contributed by atoms with Crippen LogP contribution in [0, 0.1) is 5.92 Å². The Morgan fingerprint density at radius 1 is 1.30 bits per heavy atom. The van der Waals surface area contributed by atoms with E-state index in [-0.39, 0.29) is 18.5 Å². The van der Waals surface area contributed by atoms with Crippen LogP contribution in [0.5, 0.6) is 0 Å². The topological polar surface area (TPSA) is 64.1 Å². The number of nitrogens with zero attached hydrogens (tertiary/aromatic N) is 3. The molecule has 0 spiro atoms. The smallest absolute Gasteiger partial charge is 0.320 e. The number of likely N-dealkylation sites (tertiary alicyclic amines) is 1. The summed E-state index contributed by atoms with van der Waals surface area (Å²) >= 11 is 0. The molecule has 1 unspecified atom stereocenters. The van der Waals surface area contributed by atoms with E-state index in [2.05, 4.69) is 11.9 Å². The number of hydrogen-bond donors (Lipinski definition) is 1.